The van der Waals surface area contributed by atoms with E-state index in [-0.39, 0.29) is 5.69 Å². The molecule has 0 saturated heterocycles. The predicted molar refractivity (Wildman–Crippen MR) is 97.3 cm³/mol. The van der Waals surface area contributed by atoms with Crippen molar-refractivity contribution in [3.8, 4) is 0 Å². The van der Waals surface area contributed by atoms with E-state index in [0.717, 1.165) is 22.0 Å². The van der Waals surface area contributed by atoms with Gasteiger partial charge in [0.15, 0.2) is 0 Å². The van der Waals surface area contributed by atoms with Gasteiger partial charge in [-0.3, -0.25) is 10.1 Å². The van der Waals surface area contributed by atoms with Gasteiger partial charge in [-0.1, -0.05) is 30.3 Å². The van der Waals surface area contributed by atoms with Crippen LogP contribution < -0.4 is 5.43 Å². The maximum Gasteiger partial charge on any atom is 0.427 e. The highest BCUT2D eigenvalue weighted by atomic mass is 16.6. The zero-order chi connectivity index (χ0) is 18.5. The van der Waals surface area contributed by atoms with Crippen LogP contribution in [0.2, 0.25) is 0 Å². The molecule has 0 aliphatic carbocycles. The number of ether oxygens (including phenoxy) is 1. The largest absolute Gasteiger partial charge is 0.452 e. The molecule has 0 bridgehead atoms. The molecule has 1 heterocycles. The van der Waals surface area contributed by atoms with Crippen LogP contribution in [0.15, 0.2) is 59.8 Å². The third-order valence-corrected chi connectivity index (χ3v) is 3.86. The van der Waals surface area contributed by atoms with Crippen LogP contribution in [-0.4, -0.2) is 28.9 Å². The van der Waals surface area contributed by atoms with Crippen LogP contribution in [0.4, 0.5) is 10.5 Å². The Kier molecular flexibility index (Phi) is 4.93. The molecule has 3 aromatic rings. The lowest BCUT2D eigenvalue weighted by Gasteiger charge is -2.05. The van der Waals surface area contributed by atoms with Crippen molar-refractivity contribution in [2.24, 2.45) is 5.10 Å². The molecule has 0 unspecified atom stereocenters. The summed E-state index contributed by atoms with van der Waals surface area (Å²) in [5.41, 5.74) is 5.08. The second-order valence-electron chi connectivity index (χ2n) is 5.51. The van der Waals surface area contributed by atoms with Gasteiger partial charge in [0.2, 0.25) is 0 Å². The summed E-state index contributed by atoms with van der Waals surface area (Å²) >= 11 is 0. The molecule has 0 saturated carbocycles. The third-order valence-electron chi connectivity index (χ3n) is 3.86. The number of nitrogens with one attached hydrogen (secondary N) is 1. The molecule has 8 heteroatoms. The third kappa shape index (κ3) is 3.69. The van der Waals surface area contributed by atoms with Gasteiger partial charge in [0.25, 0.3) is 5.69 Å². The highest BCUT2D eigenvalue weighted by Gasteiger charge is 2.09. The molecule has 1 amide bonds. The first-order valence-corrected chi connectivity index (χ1v) is 7.76. The Labute approximate surface area is 148 Å². The summed E-state index contributed by atoms with van der Waals surface area (Å²) in [5.74, 6) is 0. The standard InChI is InChI=1S/C18H16N4O4/c1-26-18(23)20-19-10-14-12-21(17-5-3-2-4-16(14)17)11-13-6-8-15(9-7-13)22(24)25/h2-10,12H,11H2,1H3,(H,20,23)/b19-10-. The number of fused-ring (bicyclic) bond motifs is 1. The van der Waals surface area contributed by atoms with E-state index in [2.05, 4.69) is 15.3 Å². The number of para-hydroxylation sites is 1. The molecule has 0 spiro atoms. The number of nitrogens with zero attached hydrogens (tertiary/aromatic N) is 3. The van der Waals surface area contributed by atoms with E-state index < -0.39 is 11.0 Å². The molecule has 26 heavy (non-hydrogen) atoms. The van der Waals surface area contributed by atoms with E-state index in [1.165, 1.54) is 19.2 Å². The Balaban J connectivity index is 1.88. The molecular formula is C18H16N4O4. The minimum Gasteiger partial charge on any atom is -0.452 e. The zero-order valence-corrected chi connectivity index (χ0v) is 14.0. The Morgan fingerprint density at radius 3 is 2.69 bits per heavy atom. The number of amides is 1. The van der Waals surface area contributed by atoms with E-state index in [4.69, 9.17) is 0 Å². The van der Waals surface area contributed by atoms with Crippen LogP contribution in [0.3, 0.4) is 0 Å². The lowest BCUT2D eigenvalue weighted by Crippen LogP contribution is -2.16. The smallest absolute Gasteiger partial charge is 0.427 e. The maximum atomic E-state index is 11.1. The molecular weight excluding hydrogens is 336 g/mol. The number of carbonyl (C=O) groups is 1. The molecule has 0 fully saturated rings. The lowest BCUT2D eigenvalue weighted by molar-refractivity contribution is -0.384. The van der Waals surface area contributed by atoms with Crippen molar-refractivity contribution >= 4 is 28.9 Å². The molecule has 0 aliphatic rings. The molecule has 0 aliphatic heterocycles. The van der Waals surface area contributed by atoms with Crippen molar-refractivity contribution < 1.29 is 14.5 Å². The second kappa shape index (κ2) is 7.47. The highest BCUT2D eigenvalue weighted by Crippen LogP contribution is 2.22. The number of rotatable bonds is 5. The van der Waals surface area contributed by atoms with E-state index in [0.29, 0.717) is 6.54 Å². The summed E-state index contributed by atoms with van der Waals surface area (Å²) in [6.07, 6.45) is 2.82. The van der Waals surface area contributed by atoms with Crippen molar-refractivity contribution in [2.45, 2.75) is 6.54 Å². The minimum absolute atomic E-state index is 0.0628. The Hall–Kier alpha value is -3.68. The van der Waals surface area contributed by atoms with Crippen molar-refractivity contribution in [2.75, 3.05) is 7.11 Å². The number of non-ortho nitro benzene ring substituents is 1. The molecule has 1 aromatic heterocycles. The van der Waals surface area contributed by atoms with Crippen molar-refractivity contribution in [3.63, 3.8) is 0 Å². The number of hydrogen-bond donors (Lipinski definition) is 1. The fourth-order valence-corrected chi connectivity index (χ4v) is 2.63. The monoisotopic (exact) mass is 352 g/mol. The van der Waals surface area contributed by atoms with Crippen LogP contribution in [0.25, 0.3) is 10.9 Å². The number of hydrazone groups is 1. The summed E-state index contributed by atoms with van der Waals surface area (Å²) in [6, 6.07) is 14.2. The first-order chi connectivity index (χ1) is 12.6. The van der Waals surface area contributed by atoms with Gasteiger partial charge >= 0.3 is 6.09 Å². The van der Waals surface area contributed by atoms with Crippen LogP contribution in [0.5, 0.6) is 0 Å². The number of hydrogen-bond acceptors (Lipinski definition) is 5. The van der Waals surface area contributed by atoms with Crippen LogP contribution >= 0.6 is 0 Å². The van der Waals surface area contributed by atoms with Gasteiger partial charge in [-0.15, -0.1) is 0 Å². The average Bonchev–Trinajstić information content (AvgIpc) is 3.00. The van der Waals surface area contributed by atoms with E-state index >= 15 is 0 Å². The van der Waals surface area contributed by atoms with Crippen LogP contribution in [-0.2, 0) is 11.3 Å². The second-order valence-corrected chi connectivity index (χ2v) is 5.51. The minimum atomic E-state index is -0.643. The molecule has 0 atom stereocenters. The highest BCUT2D eigenvalue weighted by molar-refractivity contribution is 5.99. The predicted octanol–water partition coefficient (Wildman–Crippen LogP) is 3.29. The first-order valence-electron chi connectivity index (χ1n) is 7.76. The zero-order valence-electron chi connectivity index (χ0n) is 14.0. The summed E-state index contributed by atoms with van der Waals surface area (Å²) in [4.78, 5) is 21.4. The van der Waals surface area contributed by atoms with E-state index in [9.17, 15) is 14.9 Å². The summed E-state index contributed by atoms with van der Waals surface area (Å²) in [6.45, 7) is 0.552. The maximum absolute atomic E-state index is 11.1. The molecule has 2 aromatic carbocycles. The average molecular weight is 352 g/mol. The quantitative estimate of drug-likeness (QED) is 0.433. The number of methoxy groups -OCH3 is 1. The number of carbonyl (C=O) groups excluding carboxylic acids is 1. The first kappa shape index (κ1) is 17.2. The van der Waals surface area contributed by atoms with Crippen molar-refractivity contribution in [1.29, 1.82) is 0 Å². The molecule has 1 N–H and O–H groups in total. The summed E-state index contributed by atoms with van der Waals surface area (Å²) in [7, 11) is 1.26. The number of nitro groups is 1. The van der Waals surface area contributed by atoms with Crippen molar-refractivity contribution in [1.82, 2.24) is 9.99 Å². The SMILES string of the molecule is COC(=O)N/N=C\c1cn(Cc2ccc([N+](=O)[O-])cc2)c2ccccc12. The normalized spacial score (nSPS) is 11.0. The molecule has 132 valence electrons. The van der Waals surface area contributed by atoms with Crippen LogP contribution in [0.1, 0.15) is 11.1 Å². The molecule has 3 rings (SSSR count). The number of nitro benzene ring substituents is 1. The lowest BCUT2D eigenvalue weighted by atomic mass is 10.2. The van der Waals surface area contributed by atoms with E-state index in [1.807, 2.05) is 35.0 Å². The van der Waals surface area contributed by atoms with Gasteiger partial charge in [0.1, 0.15) is 0 Å². The Bertz CT molecular complexity index is 977. The molecule has 8 nitrogen and oxygen atoms in total. The summed E-state index contributed by atoms with van der Waals surface area (Å²) < 4.78 is 6.49. The van der Waals surface area contributed by atoms with Gasteiger partial charge in [0, 0.05) is 41.3 Å². The van der Waals surface area contributed by atoms with Gasteiger partial charge < -0.3 is 9.30 Å². The Morgan fingerprint density at radius 1 is 1.27 bits per heavy atom. The van der Waals surface area contributed by atoms with Gasteiger partial charge in [-0.2, -0.15) is 5.10 Å². The summed E-state index contributed by atoms with van der Waals surface area (Å²) in [5, 5.41) is 15.6. The van der Waals surface area contributed by atoms with Gasteiger partial charge in [-0.05, 0) is 11.6 Å². The topological polar surface area (TPSA) is 98.8 Å². The van der Waals surface area contributed by atoms with E-state index in [1.54, 1.807) is 18.3 Å². The van der Waals surface area contributed by atoms with Crippen LogP contribution in [0, 0.1) is 10.1 Å². The van der Waals surface area contributed by atoms with Gasteiger partial charge in [-0.25, -0.2) is 10.2 Å². The molecule has 0 radical (unpaired) electrons. The number of aromatic nitrogens is 1. The van der Waals surface area contributed by atoms with Gasteiger partial charge in [0.05, 0.1) is 18.2 Å². The fourth-order valence-electron chi connectivity index (χ4n) is 2.63. The fraction of sp³-hybridized carbons (Fsp3) is 0.111. The Morgan fingerprint density at radius 2 is 2.00 bits per heavy atom. The van der Waals surface area contributed by atoms with Crippen molar-refractivity contribution in [3.05, 3.63) is 76.0 Å². The number of benzene rings is 2.